The van der Waals surface area contributed by atoms with E-state index in [0.29, 0.717) is 6.61 Å². The lowest BCUT2D eigenvalue weighted by Crippen LogP contribution is -2.45. The van der Waals surface area contributed by atoms with E-state index in [4.69, 9.17) is 4.74 Å². The van der Waals surface area contributed by atoms with Crippen LogP contribution in [-0.2, 0) is 25.8 Å². The van der Waals surface area contributed by atoms with E-state index in [2.05, 4.69) is 0 Å². The first-order valence-electron chi connectivity index (χ1n) is 8.18. The highest BCUT2D eigenvalue weighted by atomic mass is 32.2. The number of anilines is 1. The van der Waals surface area contributed by atoms with E-state index in [9.17, 15) is 13.2 Å². The molecule has 0 unspecified atom stereocenters. The van der Waals surface area contributed by atoms with Crippen molar-refractivity contribution in [2.45, 2.75) is 44.8 Å². The maximum absolute atomic E-state index is 12.7. The van der Waals surface area contributed by atoms with E-state index in [1.165, 1.54) is 0 Å². The lowest BCUT2D eigenvalue weighted by Gasteiger charge is -2.35. The van der Waals surface area contributed by atoms with Crippen LogP contribution >= 0.6 is 0 Å². The van der Waals surface area contributed by atoms with Crippen LogP contribution in [0.2, 0.25) is 0 Å². The molecule has 0 radical (unpaired) electrons. The summed E-state index contributed by atoms with van der Waals surface area (Å²) in [6.45, 7) is 2.59. The molecule has 2 aliphatic rings. The second-order valence-electron chi connectivity index (χ2n) is 6.47. The average Bonchev–Trinajstić information content (AvgIpc) is 2.98. The second-order valence-corrected chi connectivity index (χ2v) is 8.58. The number of nitrogens with zero attached hydrogens (tertiary/aromatic N) is 1. The fourth-order valence-electron chi connectivity index (χ4n) is 3.44. The fraction of sp³-hybridized carbons (Fsp3) is 0.588. The minimum atomic E-state index is -3.46. The summed E-state index contributed by atoms with van der Waals surface area (Å²) in [6, 6.07) is 7.76. The molecule has 23 heavy (non-hydrogen) atoms. The number of ether oxygens (including phenoxy) is 1. The quantitative estimate of drug-likeness (QED) is 0.842. The molecule has 0 spiro atoms. The number of fused-ring (bicyclic) bond motifs is 1. The summed E-state index contributed by atoms with van der Waals surface area (Å²) in [5.41, 5.74) is 1.96. The van der Waals surface area contributed by atoms with Gasteiger partial charge in [-0.1, -0.05) is 18.2 Å². The zero-order valence-corrected chi connectivity index (χ0v) is 14.2. The van der Waals surface area contributed by atoms with E-state index in [0.717, 1.165) is 36.9 Å². The van der Waals surface area contributed by atoms with Gasteiger partial charge in [0.05, 0.1) is 11.9 Å². The van der Waals surface area contributed by atoms with Crippen LogP contribution in [0.5, 0.6) is 0 Å². The van der Waals surface area contributed by atoms with Crippen LogP contribution < -0.4 is 4.90 Å². The van der Waals surface area contributed by atoms with Crippen molar-refractivity contribution in [2.75, 3.05) is 23.0 Å². The Labute approximate surface area is 137 Å². The topological polar surface area (TPSA) is 63.7 Å². The molecule has 2 atom stereocenters. The Morgan fingerprint density at radius 2 is 2.09 bits per heavy atom. The molecule has 1 aromatic rings. The van der Waals surface area contributed by atoms with Gasteiger partial charge in [0, 0.05) is 18.3 Å². The van der Waals surface area contributed by atoms with Gasteiger partial charge in [-0.25, -0.2) is 8.42 Å². The standard InChI is InChI=1S/C17H23NO4S/c1-13-8-9-14-5-2-3-7-16(14)18(13)17(19)12-23(20,21)11-15-6-4-10-22-15/h2-3,5,7,13,15H,4,6,8-12H2,1H3/t13-,15-/m1/s1. The first kappa shape index (κ1) is 16.5. The molecule has 1 fully saturated rings. The molecule has 5 nitrogen and oxygen atoms in total. The molecule has 6 heteroatoms. The Kier molecular flexibility index (Phi) is 4.73. The summed E-state index contributed by atoms with van der Waals surface area (Å²) in [7, 11) is -3.46. The van der Waals surface area contributed by atoms with Crippen molar-refractivity contribution in [3.05, 3.63) is 29.8 Å². The fourth-order valence-corrected chi connectivity index (χ4v) is 4.91. The largest absolute Gasteiger partial charge is 0.377 e. The number of amides is 1. The predicted octanol–water partition coefficient (Wildman–Crippen LogP) is 1.95. The van der Waals surface area contributed by atoms with Gasteiger partial charge in [-0.15, -0.1) is 0 Å². The van der Waals surface area contributed by atoms with Crippen LogP contribution in [0, 0.1) is 0 Å². The van der Waals surface area contributed by atoms with Crippen molar-refractivity contribution >= 4 is 21.4 Å². The Morgan fingerprint density at radius 3 is 2.83 bits per heavy atom. The number of hydrogen-bond acceptors (Lipinski definition) is 4. The lowest BCUT2D eigenvalue weighted by molar-refractivity contribution is -0.116. The lowest BCUT2D eigenvalue weighted by atomic mass is 9.97. The number of carbonyl (C=O) groups is 1. The van der Waals surface area contributed by atoms with E-state index in [1.54, 1.807) is 4.90 Å². The number of rotatable bonds is 4. The third-order valence-corrected chi connectivity index (χ3v) is 6.17. The maximum Gasteiger partial charge on any atom is 0.242 e. The zero-order valence-electron chi connectivity index (χ0n) is 13.4. The molecule has 0 saturated carbocycles. The number of para-hydroxylation sites is 1. The number of benzene rings is 1. The highest BCUT2D eigenvalue weighted by Gasteiger charge is 2.32. The van der Waals surface area contributed by atoms with Crippen LogP contribution in [0.25, 0.3) is 0 Å². The average molecular weight is 337 g/mol. The van der Waals surface area contributed by atoms with Crippen molar-refractivity contribution in [2.24, 2.45) is 0 Å². The monoisotopic (exact) mass is 337 g/mol. The van der Waals surface area contributed by atoms with Crippen molar-refractivity contribution < 1.29 is 17.9 Å². The molecule has 0 aliphatic carbocycles. The summed E-state index contributed by atoms with van der Waals surface area (Å²) in [5.74, 6) is -0.823. The summed E-state index contributed by atoms with van der Waals surface area (Å²) < 4.78 is 30.1. The highest BCUT2D eigenvalue weighted by molar-refractivity contribution is 7.92. The number of sulfone groups is 1. The zero-order chi connectivity index (χ0) is 16.4. The molecule has 1 saturated heterocycles. The van der Waals surface area contributed by atoms with Gasteiger partial charge in [0.25, 0.3) is 0 Å². The van der Waals surface area contributed by atoms with E-state index in [-0.39, 0.29) is 23.8 Å². The van der Waals surface area contributed by atoms with Crippen LogP contribution in [0.15, 0.2) is 24.3 Å². The van der Waals surface area contributed by atoms with Gasteiger partial charge in [-0.05, 0) is 44.2 Å². The van der Waals surface area contributed by atoms with Gasteiger partial charge in [0.15, 0.2) is 9.84 Å². The van der Waals surface area contributed by atoms with E-state index in [1.807, 2.05) is 31.2 Å². The molecule has 3 rings (SSSR count). The molecule has 1 aromatic carbocycles. The minimum absolute atomic E-state index is 0.0235. The van der Waals surface area contributed by atoms with Crippen molar-refractivity contribution in [3.8, 4) is 0 Å². The number of aryl methyl sites for hydroxylation is 1. The van der Waals surface area contributed by atoms with Gasteiger partial charge in [-0.2, -0.15) is 0 Å². The minimum Gasteiger partial charge on any atom is -0.377 e. The van der Waals surface area contributed by atoms with Crippen LogP contribution in [0.3, 0.4) is 0 Å². The van der Waals surface area contributed by atoms with E-state index < -0.39 is 15.6 Å². The number of carbonyl (C=O) groups excluding carboxylic acids is 1. The Bertz CT molecular complexity index is 680. The van der Waals surface area contributed by atoms with Crippen molar-refractivity contribution in [1.82, 2.24) is 0 Å². The first-order valence-corrected chi connectivity index (χ1v) is 10.0. The molecule has 126 valence electrons. The molecule has 0 aromatic heterocycles. The maximum atomic E-state index is 12.7. The smallest absolute Gasteiger partial charge is 0.242 e. The molecule has 0 N–H and O–H groups in total. The van der Waals surface area contributed by atoms with Gasteiger partial charge in [0.2, 0.25) is 5.91 Å². The predicted molar refractivity (Wildman–Crippen MR) is 89.3 cm³/mol. The molecular formula is C17H23NO4S. The third kappa shape index (κ3) is 3.75. The Balaban J connectivity index is 1.74. The Hall–Kier alpha value is -1.40. The summed E-state index contributed by atoms with van der Waals surface area (Å²) in [4.78, 5) is 14.3. The van der Waals surface area contributed by atoms with Crippen molar-refractivity contribution in [1.29, 1.82) is 0 Å². The van der Waals surface area contributed by atoms with Crippen LogP contribution in [0.4, 0.5) is 5.69 Å². The molecular weight excluding hydrogens is 314 g/mol. The van der Waals surface area contributed by atoms with Gasteiger partial charge in [0.1, 0.15) is 5.75 Å². The van der Waals surface area contributed by atoms with Gasteiger partial charge < -0.3 is 9.64 Å². The summed E-state index contributed by atoms with van der Waals surface area (Å²) in [6.07, 6.45) is 3.18. The second kappa shape index (κ2) is 6.61. The molecule has 2 heterocycles. The van der Waals surface area contributed by atoms with Crippen molar-refractivity contribution in [3.63, 3.8) is 0 Å². The SMILES string of the molecule is C[C@@H]1CCc2ccccc2N1C(=O)CS(=O)(=O)C[C@H]1CCCO1. The van der Waals surface area contributed by atoms with Crippen LogP contribution in [0.1, 0.15) is 31.7 Å². The normalized spacial score (nSPS) is 24.5. The van der Waals surface area contributed by atoms with Gasteiger partial charge >= 0.3 is 0 Å². The highest BCUT2D eigenvalue weighted by Crippen LogP contribution is 2.30. The van der Waals surface area contributed by atoms with Crippen LogP contribution in [-0.4, -0.2) is 44.6 Å². The summed E-state index contributed by atoms with van der Waals surface area (Å²) >= 11 is 0. The van der Waals surface area contributed by atoms with E-state index >= 15 is 0 Å². The molecule has 0 bridgehead atoms. The molecule has 1 amide bonds. The Morgan fingerprint density at radius 1 is 1.30 bits per heavy atom. The third-order valence-electron chi connectivity index (χ3n) is 4.60. The number of hydrogen-bond donors (Lipinski definition) is 0. The van der Waals surface area contributed by atoms with Gasteiger partial charge in [-0.3, -0.25) is 4.79 Å². The first-order chi connectivity index (χ1) is 11.0. The summed E-state index contributed by atoms with van der Waals surface area (Å²) in [5, 5.41) is 0. The molecule has 2 aliphatic heterocycles.